The maximum Gasteiger partial charge on any atom is 0.0687 e. The largest absolute Gasteiger partial charge is 0.341 e. The summed E-state index contributed by atoms with van der Waals surface area (Å²) in [5.74, 6) is 1.05. The quantitative estimate of drug-likeness (QED) is 0.692. The molecule has 0 atom stereocenters. The van der Waals surface area contributed by atoms with Crippen LogP contribution in [0.2, 0.25) is 0 Å². The van der Waals surface area contributed by atoms with E-state index in [0.717, 1.165) is 0 Å². The molecular weight excluding hydrogens is 268 g/mol. The summed E-state index contributed by atoms with van der Waals surface area (Å²) < 4.78 is 0. The Morgan fingerprint density at radius 1 is 0.682 bits per heavy atom. The monoisotopic (exact) mass is 294 g/mol. The molecule has 0 fully saturated rings. The number of para-hydroxylation sites is 2. The molecule has 1 aliphatic rings. The van der Waals surface area contributed by atoms with Crippen LogP contribution in [0.15, 0.2) is 36.4 Å². The summed E-state index contributed by atoms with van der Waals surface area (Å²) in [5, 5.41) is 0. The maximum absolute atomic E-state index is 2.37. The molecule has 3 rings (SSSR count). The van der Waals surface area contributed by atoms with Gasteiger partial charge < -0.3 is 9.80 Å². The Balaban J connectivity index is 2.30. The van der Waals surface area contributed by atoms with Gasteiger partial charge in [0.15, 0.2) is 0 Å². The van der Waals surface area contributed by atoms with Gasteiger partial charge in [0.1, 0.15) is 0 Å². The zero-order chi connectivity index (χ0) is 16.0. The highest BCUT2D eigenvalue weighted by Crippen LogP contribution is 2.50. The standard InChI is InChI=1S/C20H26N2/c1-13(2)15-11-12-18-20(19(15)14(3)4)22(6)17-10-8-7-9-16(17)21(18)5/h7-14H,1-6H3. The molecular formula is C20H26N2. The van der Waals surface area contributed by atoms with Crippen LogP contribution in [0.5, 0.6) is 0 Å². The predicted molar refractivity (Wildman–Crippen MR) is 97.2 cm³/mol. The first-order valence-electron chi connectivity index (χ1n) is 8.16. The fourth-order valence-corrected chi connectivity index (χ4v) is 3.63. The molecule has 2 aromatic carbocycles. The molecule has 0 radical (unpaired) electrons. The van der Waals surface area contributed by atoms with Crippen molar-refractivity contribution in [1.82, 2.24) is 0 Å². The number of rotatable bonds is 2. The highest BCUT2D eigenvalue weighted by Gasteiger charge is 2.28. The molecule has 0 saturated carbocycles. The SMILES string of the molecule is CC(C)c1ccc2c(c1C(C)C)N(C)c1ccccc1N2C. The normalized spacial score (nSPS) is 13.6. The Morgan fingerprint density at radius 3 is 1.82 bits per heavy atom. The highest BCUT2D eigenvalue weighted by atomic mass is 15.2. The number of hydrogen-bond donors (Lipinski definition) is 0. The van der Waals surface area contributed by atoms with Gasteiger partial charge in [-0.3, -0.25) is 0 Å². The Labute approximate surface area is 134 Å². The minimum Gasteiger partial charge on any atom is -0.341 e. The summed E-state index contributed by atoms with van der Waals surface area (Å²) in [5.41, 5.74) is 8.16. The third-order valence-electron chi connectivity index (χ3n) is 4.73. The van der Waals surface area contributed by atoms with Gasteiger partial charge >= 0.3 is 0 Å². The number of anilines is 4. The lowest BCUT2D eigenvalue weighted by Gasteiger charge is -2.39. The van der Waals surface area contributed by atoms with Crippen molar-refractivity contribution in [3.8, 4) is 0 Å². The van der Waals surface area contributed by atoms with Gasteiger partial charge in [-0.25, -0.2) is 0 Å². The molecule has 116 valence electrons. The van der Waals surface area contributed by atoms with Gasteiger partial charge in [0.2, 0.25) is 0 Å². The van der Waals surface area contributed by atoms with E-state index >= 15 is 0 Å². The lowest BCUT2D eigenvalue weighted by atomic mass is 9.87. The Morgan fingerprint density at radius 2 is 1.27 bits per heavy atom. The van der Waals surface area contributed by atoms with E-state index in [0.29, 0.717) is 11.8 Å². The lowest BCUT2D eigenvalue weighted by Crippen LogP contribution is -2.26. The van der Waals surface area contributed by atoms with Crippen molar-refractivity contribution in [1.29, 1.82) is 0 Å². The average Bonchev–Trinajstić information content (AvgIpc) is 2.51. The Kier molecular flexibility index (Phi) is 3.64. The molecule has 0 N–H and O–H groups in total. The zero-order valence-corrected chi connectivity index (χ0v) is 14.5. The third-order valence-corrected chi connectivity index (χ3v) is 4.73. The van der Waals surface area contributed by atoms with E-state index in [1.165, 1.54) is 33.9 Å². The smallest absolute Gasteiger partial charge is 0.0687 e. The Bertz CT molecular complexity index is 701. The molecule has 22 heavy (non-hydrogen) atoms. The van der Waals surface area contributed by atoms with E-state index < -0.39 is 0 Å². The number of hydrogen-bond acceptors (Lipinski definition) is 2. The second-order valence-electron chi connectivity index (χ2n) is 6.85. The van der Waals surface area contributed by atoms with Crippen molar-refractivity contribution in [2.24, 2.45) is 0 Å². The van der Waals surface area contributed by atoms with E-state index in [4.69, 9.17) is 0 Å². The minimum atomic E-state index is 0.508. The second kappa shape index (κ2) is 5.35. The molecule has 2 nitrogen and oxygen atoms in total. The molecule has 0 aromatic heterocycles. The minimum absolute atomic E-state index is 0.508. The van der Waals surface area contributed by atoms with Crippen LogP contribution in [-0.4, -0.2) is 14.1 Å². The van der Waals surface area contributed by atoms with E-state index in [9.17, 15) is 0 Å². The molecule has 0 saturated heterocycles. The van der Waals surface area contributed by atoms with Crippen LogP contribution in [0.4, 0.5) is 22.7 Å². The second-order valence-corrected chi connectivity index (χ2v) is 6.85. The van der Waals surface area contributed by atoms with Crippen LogP contribution in [0.3, 0.4) is 0 Å². The van der Waals surface area contributed by atoms with Crippen LogP contribution >= 0.6 is 0 Å². The summed E-state index contributed by atoms with van der Waals surface area (Å²) in [7, 11) is 4.37. The van der Waals surface area contributed by atoms with Crippen molar-refractivity contribution < 1.29 is 0 Å². The zero-order valence-electron chi connectivity index (χ0n) is 14.5. The van der Waals surface area contributed by atoms with Crippen molar-refractivity contribution in [3.05, 3.63) is 47.5 Å². The first-order chi connectivity index (χ1) is 10.4. The first-order valence-corrected chi connectivity index (χ1v) is 8.16. The van der Waals surface area contributed by atoms with Crippen molar-refractivity contribution >= 4 is 22.7 Å². The van der Waals surface area contributed by atoms with E-state index in [2.05, 4.69) is 88.0 Å². The molecule has 0 amide bonds. The topological polar surface area (TPSA) is 6.48 Å². The fraction of sp³-hybridized carbons (Fsp3) is 0.400. The number of nitrogens with zero attached hydrogens (tertiary/aromatic N) is 2. The van der Waals surface area contributed by atoms with Gasteiger partial charge in [-0.15, -0.1) is 0 Å². The highest BCUT2D eigenvalue weighted by molar-refractivity contribution is 5.94. The molecule has 0 bridgehead atoms. The van der Waals surface area contributed by atoms with E-state index in [-0.39, 0.29) is 0 Å². The molecule has 1 aliphatic heterocycles. The fourth-order valence-electron chi connectivity index (χ4n) is 3.63. The third kappa shape index (κ3) is 2.09. The average molecular weight is 294 g/mol. The van der Waals surface area contributed by atoms with Crippen molar-refractivity contribution in [3.63, 3.8) is 0 Å². The maximum atomic E-state index is 2.37. The molecule has 2 aromatic rings. The van der Waals surface area contributed by atoms with Crippen LogP contribution in [0.1, 0.15) is 50.7 Å². The summed E-state index contributed by atoms with van der Waals surface area (Å²) in [6.45, 7) is 9.17. The summed E-state index contributed by atoms with van der Waals surface area (Å²) >= 11 is 0. The lowest BCUT2D eigenvalue weighted by molar-refractivity contribution is 0.786. The van der Waals surface area contributed by atoms with Gasteiger partial charge in [0.05, 0.1) is 22.7 Å². The van der Waals surface area contributed by atoms with Crippen LogP contribution in [0, 0.1) is 0 Å². The molecule has 0 aliphatic carbocycles. The Hall–Kier alpha value is -1.96. The van der Waals surface area contributed by atoms with Gasteiger partial charge in [-0.2, -0.15) is 0 Å². The first kappa shape index (κ1) is 15.0. The predicted octanol–water partition coefficient (Wildman–Crippen LogP) is 5.78. The molecule has 0 spiro atoms. The summed E-state index contributed by atoms with van der Waals surface area (Å²) in [6.07, 6.45) is 0. The summed E-state index contributed by atoms with van der Waals surface area (Å²) in [6, 6.07) is 13.2. The van der Waals surface area contributed by atoms with Crippen LogP contribution in [-0.2, 0) is 0 Å². The summed E-state index contributed by atoms with van der Waals surface area (Å²) in [4.78, 5) is 4.69. The van der Waals surface area contributed by atoms with Crippen molar-refractivity contribution in [2.75, 3.05) is 23.9 Å². The van der Waals surface area contributed by atoms with Gasteiger partial charge in [-0.05, 0) is 41.2 Å². The molecule has 1 heterocycles. The number of benzene rings is 2. The van der Waals surface area contributed by atoms with Crippen molar-refractivity contribution in [2.45, 2.75) is 39.5 Å². The number of fused-ring (bicyclic) bond motifs is 2. The van der Waals surface area contributed by atoms with Gasteiger partial charge in [-0.1, -0.05) is 45.9 Å². The van der Waals surface area contributed by atoms with E-state index in [1.54, 1.807) is 0 Å². The van der Waals surface area contributed by atoms with Gasteiger partial charge in [0.25, 0.3) is 0 Å². The van der Waals surface area contributed by atoms with Crippen LogP contribution < -0.4 is 9.80 Å². The van der Waals surface area contributed by atoms with Crippen LogP contribution in [0.25, 0.3) is 0 Å². The van der Waals surface area contributed by atoms with E-state index in [1.807, 2.05) is 0 Å². The molecule has 2 heteroatoms. The van der Waals surface area contributed by atoms with Gasteiger partial charge in [0, 0.05) is 14.1 Å². The molecule has 0 unspecified atom stereocenters.